The Kier molecular flexibility index (Phi) is 25.8. The molecule has 0 saturated heterocycles. The van der Waals surface area contributed by atoms with Crippen LogP contribution in [0.3, 0.4) is 0 Å². The molecule has 4 aromatic heterocycles. The summed E-state index contributed by atoms with van der Waals surface area (Å²) in [6, 6.07) is 17.3. The maximum Gasteiger partial charge on any atom is 0.171 e. The van der Waals surface area contributed by atoms with Gasteiger partial charge in [0.2, 0.25) is 0 Å². The van der Waals surface area contributed by atoms with Crippen LogP contribution in [0.2, 0.25) is 0 Å². The van der Waals surface area contributed by atoms with E-state index >= 15 is 0 Å². The molecule has 0 aliphatic rings. The van der Waals surface area contributed by atoms with E-state index in [9.17, 15) is 0 Å². The number of hydrogen-bond acceptors (Lipinski definition) is 5. The van der Waals surface area contributed by atoms with Crippen LogP contribution in [-0.4, -0.2) is 63.7 Å². The lowest BCUT2D eigenvalue weighted by Crippen LogP contribution is -2.33. The highest BCUT2D eigenvalue weighted by molar-refractivity contribution is 6.17. The molecule has 0 N–H and O–H groups in total. The van der Waals surface area contributed by atoms with E-state index in [4.69, 9.17) is 30.5 Å². The van der Waals surface area contributed by atoms with Gasteiger partial charge in [0.15, 0.2) is 37.2 Å². The van der Waals surface area contributed by atoms with Crippen molar-refractivity contribution in [3.05, 3.63) is 120 Å². The normalized spacial score (nSPS) is 11.4. The third kappa shape index (κ3) is 23.0. The van der Waals surface area contributed by atoms with Crippen LogP contribution in [0, 0.1) is 0 Å². The van der Waals surface area contributed by atoms with Crippen molar-refractivity contribution in [2.24, 2.45) is 0 Å². The molecule has 0 amide bonds. The molecule has 0 aliphatic heterocycles. The second kappa shape index (κ2) is 31.7. The van der Waals surface area contributed by atoms with E-state index in [1.54, 1.807) is 0 Å². The predicted molar refractivity (Wildman–Crippen MR) is 228 cm³/mol. The minimum Gasteiger partial charge on any atom is -0.381 e. The summed E-state index contributed by atoms with van der Waals surface area (Å²) in [7, 11) is 0. The number of nitrogens with zero attached hydrogens (tertiary/aromatic N) is 4. The first-order valence-electron chi connectivity index (χ1n) is 22.0. The molecule has 0 bridgehead atoms. The molecule has 0 radical (unpaired) electrons. The number of rotatable bonds is 35. The van der Waals surface area contributed by atoms with E-state index < -0.39 is 0 Å². The van der Waals surface area contributed by atoms with Gasteiger partial charge in [-0.2, -0.15) is 0 Å². The van der Waals surface area contributed by atoms with Crippen LogP contribution in [-0.2, 0) is 64.3 Å². The molecule has 0 atom stereocenters. The monoisotopic (exact) mass is 804 g/mol. The van der Waals surface area contributed by atoms with Gasteiger partial charge in [-0.25, -0.2) is 13.7 Å². The molecule has 0 aliphatic carbocycles. The molecule has 312 valence electrons. The van der Waals surface area contributed by atoms with E-state index in [1.807, 2.05) is 18.5 Å². The molecular weight excluding hydrogens is 732 g/mol. The van der Waals surface area contributed by atoms with Crippen LogP contribution in [0.5, 0.6) is 0 Å². The first-order valence-corrected chi connectivity index (χ1v) is 22.5. The van der Waals surface area contributed by atoms with Gasteiger partial charge < -0.3 is 18.9 Å². The van der Waals surface area contributed by atoms with Crippen LogP contribution in [0.25, 0.3) is 0 Å². The fourth-order valence-corrected chi connectivity index (χ4v) is 7.04. The quantitative estimate of drug-likeness (QED) is 0.0267. The zero-order valence-corrected chi connectivity index (χ0v) is 35.6. The maximum absolute atomic E-state index is 5.99. The Labute approximate surface area is 349 Å². The minimum atomic E-state index is 0.721. The summed E-state index contributed by atoms with van der Waals surface area (Å²) in [4.78, 5) is 4.17. The topological polar surface area (TPSA) is 61.5 Å². The minimum absolute atomic E-state index is 0.721. The summed E-state index contributed by atoms with van der Waals surface area (Å²) in [6.45, 7) is 9.67. The molecule has 4 aromatic rings. The van der Waals surface area contributed by atoms with Gasteiger partial charge in [-0.1, -0.05) is 6.07 Å². The summed E-state index contributed by atoms with van der Waals surface area (Å²) in [6.07, 6.45) is 34.3. The van der Waals surface area contributed by atoms with Crippen LogP contribution >= 0.6 is 11.6 Å². The number of ether oxygens (including phenoxy) is 4. The Morgan fingerprint density at radius 3 is 1.12 bits per heavy atom. The highest BCUT2D eigenvalue weighted by Gasteiger charge is 2.07. The number of hydrogen-bond donors (Lipinski definition) is 0. The van der Waals surface area contributed by atoms with Crippen LogP contribution in [0.4, 0.5) is 0 Å². The van der Waals surface area contributed by atoms with Gasteiger partial charge in [0.25, 0.3) is 0 Å². The van der Waals surface area contributed by atoms with Crippen LogP contribution in [0.1, 0.15) is 99.3 Å². The summed E-state index contributed by atoms with van der Waals surface area (Å²) in [5.74, 6) is 0.721. The molecule has 4 heterocycles. The number of halogens is 1. The molecule has 0 aromatic carbocycles. The number of alkyl halides is 1. The molecule has 0 saturated carbocycles. The Hall–Kier alpha value is -3.27. The van der Waals surface area contributed by atoms with Crippen molar-refractivity contribution in [3.8, 4) is 0 Å². The Morgan fingerprint density at radius 1 is 0.404 bits per heavy atom. The van der Waals surface area contributed by atoms with Gasteiger partial charge in [-0.05, 0) is 113 Å². The van der Waals surface area contributed by atoms with Crippen molar-refractivity contribution < 1.29 is 32.6 Å². The Morgan fingerprint density at radius 2 is 0.754 bits per heavy atom. The molecular formula is C48H72ClN4O4+3. The fourth-order valence-electron chi connectivity index (χ4n) is 6.85. The molecule has 8 nitrogen and oxygen atoms in total. The summed E-state index contributed by atoms with van der Waals surface area (Å²) in [5.41, 5.74) is 5.42. The molecule has 4 rings (SSSR count). The Bertz CT molecular complexity index is 1560. The van der Waals surface area contributed by atoms with Crippen molar-refractivity contribution in [1.29, 1.82) is 0 Å². The molecule has 57 heavy (non-hydrogen) atoms. The first-order chi connectivity index (χ1) is 28.3. The average molecular weight is 805 g/mol. The maximum atomic E-state index is 5.99. The van der Waals surface area contributed by atoms with Crippen molar-refractivity contribution in [2.75, 3.05) is 58.7 Å². The lowest BCUT2D eigenvalue weighted by atomic mass is 10.1. The highest BCUT2D eigenvalue weighted by Crippen LogP contribution is 2.06. The van der Waals surface area contributed by atoms with E-state index in [-0.39, 0.29) is 0 Å². The van der Waals surface area contributed by atoms with Gasteiger partial charge >= 0.3 is 0 Å². The fraction of sp³-hybridized carbons (Fsp3) is 0.583. The van der Waals surface area contributed by atoms with Gasteiger partial charge in [0, 0.05) is 125 Å². The van der Waals surface area contributed by atoms with Crippen molar-refractivity contribution in [3.63, 3.8) is 0 Å². The molecule has 0 spiro atoms. The lowest BCUT2D eigenvalue weighted by Gasteiger charge is -2.06. The van der Waals surface area contributed by atoms with Crippen molar-refractivity contribution in [2.45, 2.75) is 122 Å². The van der Waals surface area contributed by atoms with Crippen molar-refractivity contribution >= 4 is 11.6 Å². The number of unbranched alkanes of at least 4 members (excludes halogenated alkanes) is 4. The van der Waals surface area contributed by atoms with Crippen LogP contribution in [0.15, 0.2) is 98.1 Å². The van der Waals surface area contributed by atoms with Gasteiger partial charge in [0.05, 0.1) is 0 Å². The molecule has 0 fully saturated rings. The SMILES string of the molecule is ClCCCCOCCCc1ccc[n+](CCCCOCCCc2ccc[n+](CCCCOCCCc3ccc[n+](CCCCOCCCc4cccnc4)c3)c2)c1. The smallest absolute Gasteiger partial charge is 0.171 e. The van der Waals surface area contributed by atoms with E-state index in [1.165, 1.54) is 22.3 Å². The average Bonchev–Trinajstić information content (AvgIpc) is 3.24. The van der Waals surface area contributed by atoms with E-state index in [0.717, 1.165) is 181 Å². The van der Waals surface area contributed by atoms with E-state index in [2.05, 4.69) is 98.3 Å². The third-order valence-corrected chi connectivity index (χ3v) is 10.3. The van der Waals surface area contributed by atoms with Gasteiger partial charge in [-0.15, -0.1) is 11.6 Å². The second-order valence-corrected chi connectivity index (χ2v) is 15.5. The predicted octanol–water partition coefficient (Wildman–Crippen LogP) is 8.20. The summed E-state index contributed by atoms with van der Waals surface area (Å²) < 4.78 is 30.5. The largest absolute Gasteiger partial charge is 0.381 e. The standard InChI is InChI=1S/C48H72ClN4O4/c49-25-1-5-33-54-38-14-22-46-18-10-30-52(42-46)28-3-7-35-56-40-16-24-48-20-12-32-53(44-48)29-4-8-36-57-39-15-23-47-19-11-31-51(43-47)27-2-6-34-55-37-13-21-45-17-9-26-50-41-45/h9-12,17-20,26,30-32,41-44H,1-8,13-16,21-25,27-29,33-40H2/q+3. The van der Waals surface area contributed by atoms with Gasteiger partial charge in [-0.3, -0.25) is 4.98 Å². The number of aryl methyl sites for hydroxylation is 7. The van der Waals surface area contributed by atoms with E-state index in [0.29, 0.717) is 0 Å². The van der Waals surface area contributed by atoms with Crippen LogP contribution < -0.4 is 13.7 Å². The first kappa shape index (κ1) is 46.4. The molecule has 0 unspecified atom stereocenters. The highest BCUT2D eigenvalue weighted by atomic mass is 35.5. The number of pyridine rings is 4. The molecule has 9 heteroatoms. The third-order valence-electron chi connectivity index (χ3n) is 10.0. The summed E-state index contributed by atoms with van der Waals surface area (Å²) >= 11 is 5.72. The Balaban J connectivity index is 0.928. The van der Waals surface area contributed by atoms with Crippen molar-refractivity contribution in [1.82, 2.24) is 4.98 Å². The zero-order valence-electron chi connectivity index (χ0n) is 34.8. The lowest BCUT2D eigenvalue weighted by molar-refractivity contribution is -0.698. The van der Waals surface area contributed by atoms with Gasteiger partial charge in [0.1, 0.15) is 19.6 Å². The summed E-state index contributed by atoms with van der Waals surface area (Å²) in [5, 5.41) is 0. The number of aromatic nitrogens is 4. The second-order valence-electron chi connectivity index (χ2n) is 15.1. The zero-order chi connectivity index (χ0) is 39.7.